The van der Waals surface area contributed by atoms with Crippen molar-refractivity contribution in [3.8, 4) is 0 Å². The van der Waals surface area contributed by atoms with Gasteiger partial charge in [0.1, 0.15) is 5.75 Å². The lowest BCUT2D eigenvalue weighted by Crippen LogP contribution is -2.24. The van der Waals surface area contributed by atoms with Crippen molar-refractivity contribution in [3.05, 3.63) is 76.5 Å². The largest absolute Gasteiger partial charge is 0.357 e. The summed E-state index contributed by atoms with van der Waals surface area (Å²) in [6, 6.07) is 8.63. The number of rotatable bonds is 6. The number of hydrogen-bond donors (Lipinski definition) is 2. The molecule has 0 saturated carbocycles. The van der Waals surface area contributed by atoms with Gasteiger partial charge in [0.05, 0.1) is 5.56 Å². The molecule has 0 aliphatic carbocycles. The Bertz CT molecular complexity index is 1350. The first-order chi connectivity index (χ1) is 15.1. The first kappa shape index (κ1) is 22.3. The topological polar surface area (TPSA) is 90.5 Å². The van der Waals surface area contributed by atoms with Gasteiger partial charge in [-0.15, -0.1) is 0 Å². The third kappa shape index (κ3) is 4.64. The fourth-order valence-electron chi connectivity index (χ4n) is 4.06. The number of fused-ring (bicyclic) bond motifs is 1. The van der Waals surface area contributed by atoms with E-state index in [0.717, 1.165) is 18.2 Å². The normalized spacial score (nSPS) is 15.2. The summed E-state index contributed by atoms with van der Waals surface area (Å²) in [5.74, 6) is -3.38. The molecule has 2 N–H and O–H groups in total. The number of Topliss-reactive ketones (excluding diaryl/α,β-unsaturated/α-hetero) is 1. The predicted octanol–water partition coefficient (Wildman–Crippen LogP) is 3.98. The zero-order chi connectivity index (χ0) is 23.0. The van der Waals surface area contributed by atoms with Crippen LogP contribution in [0.15, 0.2) is 42.5 Å². The predicted molar refractivity (Wildman–Crippen MR) is 118 cm³/mol. The van der Waals surface area contributed by atoms with Crippen LogP contribution in [0.4, 0.5) is 8.78 Å². The van der Waals surface area contributed by atoms with E-state index in [4.69, 9.17) is 0 Å². The molecule has 4 rings (SSSR count). The van der Waals surface area contributed by atoms with Crippen LogP contribution in [-0.4, -0.2) is 48.8 Å². The van der Waals surface area contributed by atoms with Gasteiger partial charge in [0, 0.05) is 41.7 Å². The van der Waals surface area contributed by atoms with Crippen molar-refractivity contribution in [3.63, 3.8) is 0 Å². The van der Waals surface area contributed by atoms with Crippen molar-refractivity contribution in [1.82, 2.24) is 9.88 Å². The number of carbonyl (C=O) groups is 1. The summed E-state index contributed by atoms with van der Waals surface area (Å²) in [4.78, 5) is 17.8. The van der Waals surface area contributed by atoms with Crippen LogP contribution in [0.1, 0.15) is 33.6 Å². The molecule has 0 radical (unpaired) electrons. The van der Waals surface area contributed by atoms with Gasteiger partial charge >= 0.3 is 0 Å². The second-order valence-corrected chi connectivity index (χ2v) is 9.48. The Kier molecular flexibility index (Phi) is 5.98. The molecule has 2 aromatic carbocycles. The number of carbonyl (C=O) groups excluding carboxylic acids is 1. The Morgan fingerprint density at radius 1 is 1.22 bits per heavy atom. The number of nitrogens with zero attached hydrogens (tertiary/aromatic N) is 1. The minimum Gasteiger partial charge on any atom is -0.357 e. The molecule has 0 unspecified atom stereocenters. The van der Waals surface area contributed by atoms with Crippen molar-refractivity contribution >= 4 is 32.4 Å². The summed E-state index contributed by atoms with van der Waals surface area (Å²) in [5.41, 5.74) is 2.94. The van der Waals surface area contributed by atoms with E-state index < -0.39 is 33.3 Å². The molecule has 1 aromatic heterocycles. The zero-order valence-electron chi connectivity index (χ0n) is 17.4. The fraction of sp³-hybridized carbons (Fsp3) is 0.261. The quantitative estimate of drug-likeness (QED) is 0.429. The van der Waals surface area contributed by atoms with Crippen LogP contribution in [-0.2, 0) is 22.3 Å². The van der Waals surface area contributed by atoms with E-state index >= 15 is 0 Å². The summed E-state index contributed by atoms with van der Waals surface area (Å²) in [6.45, 7) is 1.49. The van der Waals surface area contributed by atoms with Crippen LogP contribution < -0.4 is 0 Å². The van der Waals surface area contributed by atoms with Crippen LogP contribution in [0.2, 0.25) is 0 Å². The monoisotopic (exact) mass is 460 g/mol. The lowest BCUT2D eigenvalue weighted by atomic mass is 9.95. The number of aromatic amines is 1. The minimum absolute atomic E-state index is 0.143. The molecule has 32 heavy (non-hydrogen) atoms. The van der Waals surface area contributed by atoms with E-state index in [1.54, 1.807) is 18.2 Å². The van der Waals surface area contributed by atoms with Crippen LogP contribution in [0, 0.1) is 11.6 Å². The Hall–Kier alpha value is -2.88. The molecule has 6 nitrogen and oxygen atoms in total. The molecule has 0 amide bonds. The summed E-state index contributed by atoms with van der Waals surface area (Å²) in [6.07, 6.45) is 2.56. The van der Waals surface area contributed by atoms with Gasteiger partial charge in [0.15, 0.2) is 17.4 Å². The number of H-pyrrole nitrogens is 1. The summed E-state index contributed by atoms with van der Waals surface area (Å²) < 4.78 is 60.1. The molecule has 0 atom stereocenters. The summed E-state index contributed by atoms with van der Waals surface area (Å²) in [5, 5.41) is 0.712. The Labute approximate surface area is 184 Å². The highest BCUT2D eigenvalue weighted by atomic mass is 32.2. The van der Waals surface area contributed by atoms with E-state index in [-0.39, 0.29) is 12.0 Å². The number of halogens is 2. The number of hydrogen-bond acceptors (Lipinski definition) is 4. The SMILES string of the molecule is CN1CC=C(c2c(CS(=O)(=O)O)[nH]c3ccc(CC(=O)c4cccc(F)c4F)cc23)CC1. The van der Waals surface area contributed by atoms with E-state index in [1.807, 2.05) is 13.1 Å². The maximum Gasteiger partial charge on any atom is 0.270 e. The molecular formula is C23H22F2N2O4S. The van der Waals surface area contributed by atoms with Gasteiger partial charge in [0.25, 0.3) is 10.1 Å². The van der Waals surface area contributed by atoms with Crippen molar-refractivity contribution in [2.45, 2.75) is 18.6 Å². The van der Waals surface area contributed by atoms with Crippen LogP contribution in [0.25, 0.3) is 16.5 Å². The van der Waals surface area contributed by atoms with Gasteiger partial charge < -0.3 is 9.88 Å². The lowest BCUT2D eigenvalue weighted by molar-refractivity contribution is 0.0988. The molecule has 1 aliphatic rings. The number of ketones is 1. The van der Waals surface area contributed by atoms with Gasteiger partial charge in [-0.3, -0.25) is 9.35 Å². The number of nitrogens with one attached hydrogen (secondary N) is 1. The Morgan fingerprint density at radius 3 is 2.69 bits per heavy atom. The van der Waals surface area contributed by atoms with Crippen LogP contribution in [0.3, 0.4) is 0 Å². The van der Waals surface area contributed by atoms with Gasteiger partial charge in [-0.05, 0) is 48.9 Å². The van der Waals surface area contributed by atoms with Gasteiger partial charge in [0.2, 0.25) is 0 Å². The number of benzene rings is 2. The average molecular weight is 461 g/mol. The van der Waals surface area contributed by atoms with Gasteiger partial charge in [-0.1, -0.05) is 18.2 Å². The molecule has 0 fully saturated rings. The minimum atomic E-state index is -4.27. The molecule has 0 spiro atoms. The summed E-state index contributed by atoms with van der Waals surface area (Å²) >= 11 is 0. The summed E-state index contributed by atoms with van der Waals surface area (Å²) in [7, 11) is -2.29. The molecule has 9 heteroatoms. The molecule has 0 bridgehead atoms. The molecule has 168 valence electrons. The molecule has 0 saturated heterocycles. The highest BCUT2D eigenvalue weighted by Crippen LogP contribution is 2.34. The first-order valence-corrected chi connectivity index (χ1v) is 11.7. The lowest BCUT2D eigenvalue weighted by Gasteiger charge is -2.22. The maximum atomic E-state index is 14.0. The van der Waals surface area contributed by atoms with E-state index in [2.05, 4.69) is 9.88 Å². The standard InChI is InChI=1S/C23H22F2N2O4S/c1-27-9-7-15(8-10-27)22-17-11-14(5-6-19(17)26-20(22)13-32(29,30)31)12-21(28)16-3-2-4-18(24)23(16)25/h2-7,11,26H,8-10,12-13H2,1H3,(H,29,30,31). The van der Waals surface area contributed by atoms with Crippen molar-refractivity contribution in [2.24, 2.45) is 0 Å². The maximum absolute atomic E-state index is 14.0. The van der Waals surface area contributed by atoms with Crippen LogP contribution >= 0.6 is 0 Å². The van der Waals surface area contributed by atoms with Crippen molar-refractivity contribution in [1.29, 1.82) is 0 Å². The third-order valence-corrected chi connectivity index (χ3v) is 6.27. The molecule has 3 aromatic rings. The molecular weight excluding hydrogens is 438 g/mol. The van der Waals surface area contributed by atoms with Crippen molar-refractivity contribution in [2.75, 3.05) is 20.1 Å². The van der Waals surface area contributed by atoms with E-state index in [0.29, 0.717) is 40.7 Å². The smallest absolute Gasteiger partial charge is 0.270 e. The second kappa shape index (κ2) is 8.57. The first-order valence-electron chi connectivity index (χ1n) is 10.1. The zero-order valence-corrected chi connectivity index (χ0v) is 18.2. The highest BCUT2D eigenvalue weighted by Gasteiger charge is 2.22. The number of likely N-dealkylation sites (N-methyl/N-ethyl adjacent to an activating group) is 1. The van der Waals surface area contributed by atoms with E-state index in [9.17, 15) is 26.5 Å². The average Bonchev–Trinajstić information content (AvgIpc) is 3.06. The van der Waals surface area contributed by atoms with Gasteiger partial charge in [-0.25, -0.2) is 8.78 Å². The van der Waals surface area contributed by atoms with Crippen LogP contribution in [0.5, 0.6) is 0 Å². The fourth-order valence-corrected chi connectivity index (χ4v) is 4.64. The Balaban J connectivity index is 1.76. The number of aromatic nitrogens is 1. The van der Waals surface area contributed by atoms with Crippen molar-refractivity contribution < 1.29 is 26.5 Å². The van der Waals surface area contributed by atoms with E-state index in [1.165, 1.54) is 12.1 Å². The molecule has 1 aliphatic heterocycles. The highest BCUT2D eigenvalue weighted by molar-refractivity contribution is 7.85. The second-order valence-electron chi connectivity index (χ2n) is 8.03. The third-order valence-electron chi connectivity index (χ3n) is 5.62. The van der Waals surface area contributed by atoms with Gasteiger partial charge in [-0.2, -0.15) is 8.42 Å². The Morgan fingerprint density at radius 2 is 2.00 bits per heavy atom. The molecule has 2 heterocycles.